The molecule has 2 aromatic heterocycles. The third-order valence-corrected chi connectivity index (χ3v) is 4.94. The van der Waals surface area contributed by atoms with E-state index in [0.29, 0.717) is 17.5 Å². The van der Waals surface area contributed by atoms with Crippen molar-refractivity contribution in [1.82, 2.24) is 20.1 Å². The van der Waals surface area contributed by atoms with E-state index >= 15 is 0 Å². The smallest absolute Gasteiger partial charge is 0.272 e. The van der Waals surface area contributed by atoms with Crippen LogP contribution in [0.15, 0.2) is 18.3 Å². The number of carbonyl (C=O) groups is 1. The van der Waals surface area contributed by atoms with Gasteiger partial charge in [-0.2, -0.15) is 5.10 Å². The number of fused-ring (bicyclic) bond motifs is 3. The van der Waals surface area contributed by atoms with Gasteiger partial charge >= 0.3 is 0 Å². The largest absolute Gasteiger partial charge is 0.394 e. The van der Waals surface area contributed by atoms with Gasteiger partial charge in [0.05, 0.1) is 17.8 Å². The van der Waals surface area contributed by atoms with Gasteiger partial charge in [0, 0.05) is 17.7 Å². The zero-order valence-corrected chi connectivity index (χ0v) is 14.2. The summed E-state index contributed by atoms with van der Waals surface area (Å²) in [4.78, 5) is 17.1. The Balaban J connectivity index is 1.76. The van der Waals surface area contributed by atoms with Crippen LogP contribution in [0, 0.1) is 12.8 Å². The minimum atomic E-state index is -0.670. The summed E-state index contributed by atoms with van der Waals surface area (Å²) in [6.45, 7) is 5.49. The van der Waals surface area contributed by atoms with Gasteiger partial charge in [-0.25, -0.2) is 9.67 Å². The SMILES string of the molecule is Cc1ccnc(-n2nc(C(=O)NC(C)(C)CO)c3c2[C@@H]2C[C@@H]2C3)c1. The molecule has 0 aliphatic heterocycles. The molecule has 24 heavy (non-hydrogen) atoms. The molecule has 6 heteroatoms. The number of nitrogens with zero attached hydrogens (tertiary/aromatic N) is 3. The molecule has 2 atom stereocenters. The first kappa shape index (κ1) is 15.3. The molecule has 1 fully saturated rings. The van der Waals surface area contributed by atoms with Crippen LogP contribution in [-0.2, 0) is 6.42 Å². The highest BCUT2D eigenvalue weighted by molar-refractivity contribution is 5.95. The molecular formula is C18H22N4O2. The minimum absolute atomic E-state index is 0.119. The fourth-order valence-corrected chi connectivity index (χ4v) is 3.51. The van der Waals surface area contributed by atoms with Crippen LogP contribution in [0.2, 0.25) is 0 Å². The maximum absolute atomic E-state index is 12.7. The number of aliphatic hydroxyl groups excluding tert-OH is 1. The molecule has 1 amide bonds. The molecule has 2 aliphatic rings. The monoisotopic (exact) mass is 326 g/mol. The van der Waals surface area contributed by atoms with Crippen LogP contribution in [0.4, 0.5) is 0 Å². The van der Waals surface area contributed by atoms with Crippen LogP contribution < -0.4 is 5.32 Å². The standard InChI is InChI=1S/C18H22N4O2/c1-10-4-5-19-14(6-10)22-16-12-7-11(12)8-13(16)15(21-22)17(24)20-18(2,3)9-23/h4-6,11-12,23H,7-9H2,1-3H3,(H,20,24)/t11-,12-/m1/s1. The maximum atomic E-state index is 12.7. The lowest BCUT2D eigenvalue weighted by Crippen LogP contribution is -2.46. The van der Waals surface area contributed by atoms with E-state index in [1.807, 2.05) is 23.7 Å². The number of rotatable bonds is 4. The van der Waals surface area contributed by atoms with Gasteiger partial charge in [0.1, 0.15) is 0 Å². The Bertz CT molecular complexity index is 824. The number of aryl methyl sites for hydroxylation is 1. The van der Waals surface area contributed by atoms with Crippen molar-refractivity contribution in [2.75, 3.05) is 6.61 Å². The lowest BCUT2D eigenvalue weighted by molar-refractivity contribution is 0.0863. The minimum Gasteiger partial charge on any atom is -0.394 e. The quantitative estimate of drug-likeness (QED) is 0.897. The molecule has 6 nitrogen and oxygen atoms in total. The molecule has 0 radical (unpaired) electrons. The highest BCUT2D eigenvalue weighted by atomic mass is 16.3. The van der Waals surface area contributed by atoms with E-state index < -0.39 is 5.54 Å². The molecule has 2 heterocycles. The molecule has 0 spiro atoms. The number of aromatic nitrogens is 3. The third kappa shape index (κ3) is 2.41. The summed E-state index contributed by atoms with van der Waals surface area (Å²) in [5, 5.41) is 16.9. The van der Waals surface area contributed by atoms with Crippen LogP contribution >= 0.6 is 0 Å². The van der Waals surface area contributed by atoms with Crippen LogP contribution in [0.25, 0.3) is 5.82 Å². The Labute approximate surface area is 140 Å². The molecule has 0 saturated heterocycles. The lowest BCUT2D eigenvalue weighted by atomic mass is 10.1. The summed E-state index contributed by atoms with van der Waals surface area (Å²) >= 11 is 0. The second-order valence-corrected chi connectivity index (χ2v) is 7.62. The fraction of sp³-hybridized carbons (Fsp3) is 0.500. The second kappa shape index (κ2) is 5.14. The molecule has 1 saturated carbocycles. The predicted molar refractivity (Wildman–Crippen MR) is 89.3 cm³/mol. The highest BCUT2D eigenvalue weighted by Crippen LogP contribution is 2.57. The van der Waals surface area contributed by atoms with Crippen molar-refractivity contribution in [1.29, 1.82) is 0 Å². The number of aliphatic hydroxyl groups is 1. The lowest BCUT2D eigenvalue weighted by Gasteiger charge is -2.23. The molecule has 0 unspecified atom stereocenters. The van der Waals surface area contributed by atoms with Crippen molar-refractivity contribution >= 4 is 5.91 Å². The zero-order chi connectivity index (χ0) is 17.1. The Hall–Kier alpha value is -2.21. The predicted octanol–water partition coefficient (Wildman–Crippen LogP) is 1.74. The fourth-order valence-electron chi connectivity index (χ4n) is 3.51. The van der Waals surface area contributed by atoms with E-state index in [-0.39, 0.29) is 12.5 Å². The molecule has 2 N–H and O–H groups in total. The van der Waals surface area contributed by atoms with E-state index in [1.165, 1.54) is 6.42 Å². The molecule has 0 bridgehead atoms. The van der Waals surface area contributed by atoms with Crippen molar-refractivity contribution in [3.8, 4) is 5.82 Å². The normalized spacial score (nSPS) is 21.3. The van der Waals surface area contributed by atoms with E-state index in [2.05, 4.69) is 15.4 Å². The molecule has 2 aliphatic carbocycles. The number of hydrogen-bond donors (Lipinski definition) is 2. The molecule has 4 rings (SSSR count). The first-order chi connectivity index (χ1) is 11.4. The van der Waals surface area contributed by atoms with Crippen molar-refractivity contribution in [3.05, 3.63) is 40.8 Å². The summed E-state index contributed by atoms with van der Waals surface area (Å²) in [6, 6.07) is 3.94. The van der Waals surface area contributed by atoms with Gasteiger partial charge in [0.2, 0.25) is 0 Å². The first-order valence-electron chi connectivity index (χ1n) is 8.38. The topological polar surface area (TPSA) is 80.0 Å². The van der Waals surface area contributed by atoms with Crippen molar-refractivity contribution in [3.63, 3.8) is 0 Å². The van der Waals surface area contributed by atoms with Gasteiger partial charge in [-0.1, -0.05) is 0 Å². The van der Waals surface area contributed by atoms with E-state index in [4.69, 9.17) is 0 Å². The highest BCUT2D eigenvalue weighted by Gasteiger charge is 2.50. The molecule has 126 valence electrons. The molecular weight excluding hydrogens is 304 g/mol. The number of carbonyl (C=O) groups excluding carboxylic acids is 1. The average molecular weight is 326 g/mol. The summed E-state index contributed by atoms with van der Waals surface area (Å²) in [6.07, 6.45) is 3.86. The zero-order valence-electron chi connectivity index (χ0n) is 14.2. The van der Waals surface area contributed by atoms with Gasteiger partial charge < -0.3 is 10.4 Å². The van der Waals surface area contributed by atoms with E-state index in [9.17, 15) is 9.90 Å². The van der Waals surface area contributed by atoms with Crippen LogP contribution in [-0.4, -0.2) is 37.9 Å². The van der Waals surface area contributed by atoms with Crippen LogP contribution in [0.5, 0.6) is 0 Å². The van der Waals surface area contributed by atoms with Gasteiger partial charge in [-0.15, -0.1) is 0 Å². The van der Waals surface area contributed by atoms with E-state index in [0.717, 1.165) is 29.1 Å². The number of hydrogen-bond acceptors (Lipinski definition) is 4. The summed E-state index contributed by atoms with van der Waals surface area (Å²) in [5.41, 5.74) is 3.11. The van der Waals surface area contributed by atoms with Crippen molar-refractivity contribution < 1.29 is 9.90 Å². The second-order valence-electron chi connectivity index (χ2n) is 7.62. The van der Waals surface area contributed by atoms with E-state index in [1.54, 1.807) is 20.0 Å². The average Bonchev–Trinajstić information content (AvgIpc) is 3.03. The van der Waals surface area contributed by atoms with Gasteiger partial charge in [0.25, 0.3) is 5.91 Å². The van der Waals surface area contributed by atoms with Crippen LogP contribution in [0.1, 0.15) is 53.5 Å². The summed E-state index contributed by atoms with van der Waals surface area (Å²) in [5.74, 6) is 1.69. The van der Waals surface area contributed by atoms with Crippen molar-refractivity contribution in [2.45, 2.75) is 45.1 Å². The summed E-state index contributed by atoms with van der Waals surface area (Å²) in [7, 11) is 0. The maximum Gasteiger partial charge on any atom is 0.272 e. The van der Waals surface area contributed by atoms with Crippen molar-refractivity contribution in [2.24, 2.45) is 5.92 Å². The Morgan fingerprint density at radius 2 is 2.29 bits per heavy atom. The summed E-state index contributed by atoms with van der Waals surface area (Å²) < 4.78 is 1.85. The number of nitrogens with one attached hydrogen (secondary N) is 1. The van der Waals surface area contributed by atoms with Gasteiger partial charge in [-0.05, 0) is 57.2 Å². The Kier molecular flexibility index (Phi) is 3.28. The number of pyridine rings is 1. The Morgan fingerprint density at radius 1 is 1.50 bits per heavy atom. The number of amides is 1. The third-order valence-electron chi connectivity index (χ3n) is 4.94. The molecule has 0 aromatic carbocycles. The van der Waals surface area contributed by atoms with Gasteiger partial charge in [-0.3, -0.25) is 4.79 Å². The first-order valence-corrected chi connectivity index (χ1v) is 8.38. The van der Waals surface area contributed by atoms with Gasteiger partial charge in [0.15, 0.2) is 11.5 Å². The van der Waals surface area contributed by atoms with Crippen LogP contribution in [0.3, 0.4) is 0 Å². The Morgan fingerprint density at radius 3 is 3.00 bits per heavy atom. The molecule has 2 aromatic rings.